The molecule has 0 amide bonds. The van der Waals surface area contributed by atoms with Gasteiger partial charge in [-0.05, 0) is 55.3 Å². The standard InChI is InChI=1S/C14H21N/c1-10-4-5-13(8-12(10)3)14-9-15-7-6-11(14)2/h4-5,8,11,14-15H,6-7,9H2,1-3H3/t11-,14-/m0/s1. The predicted molar refractivity (Wildman–Crippen MR) is 65.3 cm³/mol. The average molecular weight is 203 g/mol. The molecule has 1 N–H and O–H groups in total. The molecule has 1 aromatic carbocycles. The summed E-state index contributed by atoms with van der Waals surface area (Å²) in [5.74, 6) is 1.52. The van der Waals surface area contributed by atoms with Crippen LogP contribution >= 0.6 is 0 Å². The summed E-state index contributed by atoms with van der Waals surface area (Å²) >= 11 is 0. The molecule has 0 radical (unpaired) electrons. The minimum Gasteiger partial charge on any atom is -0.316 e. The molecule has 1 aliphatic rings. The molecule has 0 spiro atoms. The molecular formula is C14H21N. The van der Waals surface area contributed by atoms with Crippen molar-refractivity contribution in [2.75, 3.05) is 13.1 Å². The van der Waals surface area contributed by atoms with Gasteiger partial charge in [0.15, 0.2) is 0 Å². The highest BCUT2D eigenvalue weighted by atomic mass is 14.9. The van der Waals surface area contributed by atoms with E-state index in [1.807, 2.05) is 0 Å². The lowest BCUT2D eigenvalue weighted by Gasteiger charge is -2.30. The monoisotopic (exact) mass is 203 g/mol. The topological polar surface area (TPSA) is 12.0 Å². The molecule has 0 aliphatic carbocycles. The summed E-state index contributed by atoms with van der Waals surface area (Å²) in [4.78, 5) is 0. The van der Waals surface area contributed by atoms with E-state index in [-0.39, 0.29) is 0 Å². The first-order valence-corrected chi connectivity index (χ1v) is 5.96. The Morgan fingerprint density at radius 3 is 2.67 bits per heavy atom. The predicted octanol–water partition coefficient (Wildman–Crippen LogP) is 3.02. The van der Waals surface area contributed by atoms with Crippen molar-refractivity contribution in [2.24, 2.45) is 5.92 Å². The molecule has 0 saturated carbocycles. The Kier molecular flexibility index (Phi) is 3.11. The van der Waals surface area contributed by atoms with Crippen LogP contribution in [0.4, 0.5) is 0 Å². The fourth-order valence-corrected chi connectivity index (χ4v) is 2.43. The van der Waals surface area contributed by atoms with Gasteiger partial charge < -0.3 is 5.32 Å². The van der Waals surface area contributed by atoms with Crippen molar-refractivity contribution in [3.05, 3.63) is 34.9 Å². The van der Waals surface area contributed by atoms with E-state index >= 15 is 0 Å². The molecule has 2 atom stereocenters. The van der Waals surface area contributed by atoms with Crippen LogP contribution in [-0.4, -0.2) is 13.1 Å². The van der Waals surface area contributed by atoms with Gasteiger partial charge in [-0.1, -0.05) is 25.1 Å². The fraction of sp³-hybridized carbons (Fsp3) is 0.571. The third-order valence-electron chi connectivity index (χ3n) is 3.79. The molecule has 2 rings (SSSR count). The Bertz CT molecular complexity index is 343. The molecular weight excluding hydrogens is 182 g/mol. The Balaban J connectivity index is 2.24. The van der Waals surface area contributed by atoms with Crippen molar-refractivity contribution in [2.45, 2.75) is 33.1 Å². The Hall–Kier alpha value is -0.820. The van der Waals surface area contributed by atoms with Crippen LogP contribution in [0.25, 0.3) is 0 Å². The van der Waals surface area contributed by atoms with Crippen molar-refractivity contribution < 1.29 is 0 Å². The molecule has 0 bridgehead atoms. The first-order valence-electron chi connectivity index (χ1n) is 5.96. The maximum Gasteiger partial charge on any atom is 0.00227 e. The summed E-state index contributed by atoms with van der Waals surface area (Å²) in [6, 6.07) is 6.92. The quantitative estimate of drug-likeness (QED) is 0.740. The van der Waals surface area contributed by atoms with Crippen LogP contribution in [-0.2, 0) is 0 Å². The number of benzene rings is 1. The van der Waals surface area contributed by atoms with E-state index in [1.54, 1.807) is 0 Å². The first kappa shape index (κ1) is 10.7. The van der Waals surface area contributed by atoms with Crippen LogP contribution in [0.1, 0.15) is 36.0 Å². The van der Waals surface area contributed by atoms with Crippen LogP contribution in [0.5, 0.6) is 0 Å². The molecule has 1 saturated heterocycles. The van der Waals surface area contributed by atoms with E-state index in [2.05, 4.69) is 44.3 Å². The number of rotatable bonds is 1. The second-order valence-electron chi connectivity index (χ2n) is 4.92. The molecule has 1 heterocycles. The van der Waals surface area contributed by atoms with Gasteiger partial charge in [0.1, 0.15) is 0 Å². The third-order valence-corrected chi connectivity index (χ3v) is 3.79. The van der Waals surface area contributed by atoms with Gasteiger partial charge in [-0.3, -0.25) is 0 Å². The third kappa shape index (κ3) is 2.23. The largest absolute Gasteiger partial charge is 0.316 e. The average Bonchev–Trinajstić information content (AvgIpc) is 2.23. The van der Waals surface area contributed by atoms with Gasteiger partial charge in [0.2, 0.25) is 0 Å². The van der Waals surface area contributed by atoms with Crippen molar-refractivity contribution in [3.8, 4) is 0 Å². The lowest BCUT2D eigenvalue weighted by molar-refractivity contribution is 0.348. The number of aryl methyl sites for hydroxylation is 2. The van der Waals surface area contributed by atoms with Crippen molar-refractivity contribution in [1.82, 2.24) is 5.32 Å². The van der Waals surface area contributed by atoms with Crippen molar-refractivity contribution >= 4 is 0 Å². The maximum absolute atomic E-state index is 3.50. The molecule has 0 aromatic heterocycles. The van der Waals surface area contributed by atoms with Gasteiger partial charge in [0.05, 0.1) is 0 Å². The normalized spacial score (nSPS) is 26.6. The lowest BCUT2D eigenvalue weighted by Crippen LogP contribution is -2.33. The SMILES string of the molecule is Cc1ccc([C@H]2CNCC[C@@H]2C)cc1C. The van der Waals surface area contributed by atoms with E-state index in [1.165, 1.54) is 29.7 Å². The Labute approximate surface area is 92.9 Å². The van der Waals surface area contributed by atoms with Crippen LogP contribution in [0.3, 0.4) is 0 Å². The Morgan fingerprint density at radius 1 is 1.20 bits per heavy atom. The molecule has 1 heteroatoms. The van der Waals surface area contributed by atoms with E-state index in [4.69, 9.17) is 0 Å². The van der Waals surface area contributed by atoms with E-state index in [9.17, 15) is 0 Å². The van der Waals surface area contributed by atoms with Gasteiger partial charge in [0, 0.05) is 6.54 Å². The van der Waals surface area contributed by atoms with Crippen LogP contribution in [0.15, 0.2) is 18.2 Å². The van der Waals surface area contributed by atoms with E-state index in [0.29, 0.717) is 5.92 Å². The van der Waals surface area contributed by atoms with Crippen molar-refractivity contribution in [1.29, 1.82) is 0 Å². The molecule has 1 fully saturated rings. The maximum atomic E-state index is 3.50. The van der Waals surface area contributed by atoms with Crippen LogP contribution in [0, 0.1) is 19.8 Å². The summed E-state index contributed by atoms with van der Waals surface area (Å²) in [5, 5.41) is 3.50. The number of piperidine rings is 1. The molecule has 82 valence electrons. The lowest BCUT2D eigenvalue weighted by atomic mass is 9.82. The molecule has 1 aromatic rings. The molecule has 15 heavy (non-hydrogen) atoms. The van der Waals surface area contributed by atoms with Crippen molar-refractivity contribution in [3.63, 3.8) is 0 Å². The second-order valence-corrected chi connectivity index (χ2v) is 4.92. The highest BCUT2D eigenvalue weighted by molar-refractivity contribution is 5.32. The minimum absolute atomic E-state index is 0.707. The zero-order valence-corrected chi connectivity index (χ0v) is 10.0. The van der Waals surface area contributed by atoms with Gasteiger partial charge in [-0.25, -0.2) is 0 Å². The zero-order valence-electron chi connectivity index (χ0n) is 10.0. The zero-order chi connectivity index (χ0) is 10.8. The first-order chi connectivity index (χ1) is 7.18. The van der Waals surface area contributed by atoms with Gasteiger partial charge >= 0.3 is 0 Å². The number of hydrogen-bond donors (Lipinski definition) is 1. The Morgan fingerprint density at radius 2 is 2.00 bits per heavy atom. The van der Waals surface area contributed by atoms with Crippen LogP contribution < -0.4 is 5.32 Å². The summed E-state index contributed by atoms with van der Waals surface area (Å²) in [6.45, 7) is 9.09. The number of nitrogens with one attached hydrogen (secondary N) is 1. The molecule has 1 nitrogen and oxygen atoms in total. The molecule has 1 aliphatic heterocycles. The highest BCUT2D eigenvalue weighted by Crippen LogP contribution is 2.29. The smallest absolute Gasteiger partial charge is 0.00227 e. The summed E-state index contributed by atoms with van der Waals surface area (Å²) < 4.78 is 0. The van der Waals surface area contributed by atoms with Gasteiger partial charge in [-0.2, -0.15) is 0 Å². The minimum atomic E-state index is 0.707. The van der Waals surface area contributed by atoms with Gasteiger partial charge in [-0.15, -0.1) is 0 Å². The fourth-order valence-electron chi connectivity index (χ4n) is 2.43. The summed E-state index contributed by atoms with van der Waals surface area (Å²) in [5.41, 5.74) is 4.33. The van der Waals surface area contributed by atoms with Gasteiger partial charge in [0.25, 0.3) is 0 Å². The highest BCUT2D eigenvalue weighted by Gasteiger charge is 2.22. The van der Waals surface area contributed by atoms with E-state index in [0.717, 1.165) is 12.5 Å². The second kappa shape index (κ2) is 4.36. The summed E-state index contributed by atoms with van der Waals surface area (Å²) in [6.07, 6.45) is 1.30. The summed E-state index contributed by atoms with van der Waals surface area (Å²) in [7, 11) is 0. The number of hydrogen-bond acceptors (Lipinski definition) is 1. The van der Waals surface area contributed by atoms with Crippen LogP contribution in [0.2, 0.25) is 0 Å². The van der Waals surface area contributed by atoms with E-state index < -0.39 is 0 Å². The molecule has 0 unspecified atom stereocenters.